The van der Waals surface area contributed by atoms with Crippen molar-refractivity contribution in [3.63, 3.8) is 0 Å². The van der Waals surface area contributed by atoms with Gasteiger partial charge < -0.3 is 15.2 Å². The van der Waals surface area contributed by atoms with Crippen LogP contribution in [0, 0.1) is 0 Å². The summed E-state index contributed by atoms with van der Waals surface area (Å²) in [5.41, 5.74) is -0.474. The number of halogens is 3. The van der Waals surface area contributed by atoms with E-state index in [4.69, 9.17) is 9.84 Å². The molecule has 0 saturated carbocycles. The van der Waals surface area contributed by atoms with Crippen LogP contribution in [-0.4, -0.2) is 26.9 Å². The van der Waals surface area contributed by atoms with E-state index < -0.39 is 23.3 Å². The van der Waals surface area contributed by atoms with E-state index in [9.17, 15) is 18.0 Å². The molecule has 0 amide bonds. The molecule has 10 heteroatoms. The van der Waals surface area contributed by atoms with Gasteiger partial charge in [0.1, 0.15) is 15.8 Å². The van der Waals surface area contributed by atoms with Crippen LogP contribution in [0.25, 0.3) is 10.6 Å². The molecule has 164 valence electrons. The first kappa shape index (κ1) is 22.7. The molecule has 0 spiro atoms. The summed E-state index contributed by atoms with van der Waals surface area (Å²) in [5, 5.41) is 21.7. The van der Waals surface area contributed by atoms with Gasteiger partial charge in [-0.25, -0.2) is 4.79 Å². The third kappa shape index (κ3) is 6.02. The molecule has 0 aliphatic heterocycles. The Labute approximate surface area is 180 Å². The second kappa shape index (κ2) is 9.03. The fourth-order valence-corrected chi connectivity index (χ4v) is 3.39. The second-order valence-corrected chi connectivity index (χ2v) is 8.30. The molecule has 0 fully saturated rings. The van der Waals surface area contributed by atoms with Crippen molar-refractivity contribution in [3.8, 4) is 16.3 Å². The molecule has 0 atom stereocenters. The van der Waals surface area contributed by atoms with Gasteiger partial charge in [-0.05, 0) is 43.7 Å². The highest BCUT2D eigenvalue weighted by atomic mass is 32.1. The van der Waals surface area contributed by atoms with Crippen molar-refractivity contribution in [3.05, 3.63) is 64.7 Å². The maximum absolute atomic E-state index is 12.7. The molecule has 0 aliphatic carbocycles. The number of rotatable bonds is 8. The molecule has 0 saturated heterocycles. The Kier molecular flexibility index (Phi) is 6.61. The van der Waals surface area contributed by atoms with Crippen LogP contribution in [0.1, 0.15) is 30.0 Å². The van der Waals surface area contributed by atoms with Crippen LogP contribution < -0.4 is 10.1 Å². The van der Waals surface area contributed by atoms with Gasteiger partial charge in [0.2, 0.25) is 0 Å². The maximum Gasteiger partial charge on any atom is 0.416 e. The zero-order chi connectivity index (χ0) is 22.6. The standard InChI is InChI=1S/C21H20F3N3O3S/c1-20(2,19(28)29)30-16-9-3-13(4-10-16)11-25-12-17-26-27-18(31-17)14-5-7-15(8-6-14)21(22,23)24/h3-10,25H,11-12H2,1-2H3,(H,28,29). The summed E-state index contributed by atoms with van der Waals surface area (Å²) in [6.07, 6.45) is -4.37. The number of hydrogen-bond donors (Lipinski definition) is 2. The molecular weight excluding hydrogens is 431 g/mol. The number of carboxylic acid groups (broad SMARTS) is 1. The normalized spacial score (nSPS) is 12.0. The van der Waals surface area contributed by atoms with Crippen LogP contribution >= 0.6 is 11.3 Å². The van der Waals surface area contributed by atoms with E-state index in [1.807, 2.05) is 12.1 Å². The predicted octanol–water partition coefficient (Wildman–Crippen LogP) is 4.76. The molecule has 3 aromatic rings. The number of hydrogen-bond acceptors (Lipinski definition) is 6. The number of nitrogens with one attached hydrogen (secondary N) is 1. The van der Waals surface area contributed by atoms with Crippen LogP contribution in [0.3, 0.4) is 0 Å². The Bertz CT molecular complexity index is 1030. The van der Waals surface area contributed by atoms with E-state index in [1.165, 1.54) is 37.3 Å². The lowest BCUT2D eigenvalue weighted by Gasteiger charge is -2.21. The molecule has 2 aromatic carbocycles. The molecule has 0 aliphatic rings. The van der Waals surface area contributed by atoms with Gasteiger partial charge in [-0.1, -0.05) is 35.6 Å². The van der Waals surface area contributed by atoms with Gasteiger partial charge >= 0.3 is 12.1 Å². The average molecular weight is 451 g/mol. The third-order valence-electron chi connectivity index (χ3n) is 4.34. The fourth-order valence-electron chi connectivity index (χ4n) is 2.57. The average Bonchev–Trinajstić information content (AvgIpc) is 3.17. The molecule has 1 heterocycles. The third-order valence-corrected chi connectivity index (χ3v) is 5.32. The SMILES string of the molecule is CC(C)(Oc1ccc(CNCc2nnc(-c3ccc(C(F)(F)F)cc3)s2)cc1)C(=O)O. The smallest absolute Gasteiger partial charge is 0.416 e. The lowest BCUT2D eigenvalue weighted by Crippen LogP contribution is -2.37. The highest BCUT2D eigenvalue weighted by molar-refractivity contribution is 7.14. The van der Waals surface area contributed by atoms with Gasteiger partial charge in [-0.15, -0.1) is 10.2 Å². The zero-order valence-corrected chi connectivity index (χ0v) is 17.5. The maximum atomic E-state index is 12.7. The number of ether oxygens (including phenoxy) is 1. The number of carboxylic acids is 1. The van der Waals surface area contributed by atoms with E-state index in [-0.39, 0.29) is 0 Å². The topological polar surface area (TPSA) is 84.3 Å². The molecule has 0 bridgehead atoms. The van der Waals surface area contributed by atoms with Crippen molar-refractivity contribution in [1.29, 1.82) is 0 Å². The molecular formula is C21H20F3N3O3S. The fraction of sp³-hybridized carbons (Fsp3) is 0.286. The Morgan fingerprint density at radius 3 is 2.26 bits per heavy atom. The highest BCUT2D eigenvalue weighted by Crippen LogP contribution is 2.31. The summed E-state index contributed by atoms with van der Waals surface area (Å²) in [7, 11) is 0. The van der Waals surface area contributed by atoms with Gasteiger partial charge in [0.05, 0.1) is 12.1 Å². The highest BCUT2D eigenvalue weighted by Gasteiger charge is 2.30. The first-order valence-corrected chi connectivity index (χ1v) is 10.1. The van der Waals surface area contributed by atoms with Crippen LogP contribution in [0.2, 0.25) is 0 Å². The van der Waals surface area contributed by atoms with Crippen molar-refractivity contribution < 1.29 is 27.8 Å². The molecule has 3 rings (SSSR count). The van der Waals surface area contributed by atoms with Crippen molar-refractivity contribution in [2.45, 2.75) is 38.7 Å². The van der Waals surface area contributed by atoms with E-state index >= 15 is 0 Å². The van der Waals surface area contributed by atoms with E-state index in [0.717, 1.165) is 17.7 Å². The van der Waals surface area contributed by atoms with Crippen LogP contribution in [0.4, 0.5) is 13.2 Å². The Morgan fingerprint density at radius 2 is 1.68 bits per heavy atom. The molecule has 0 unspecified atom stereocenters. The van der Waals surface area contributed by atoms with E-state index in [2.05, 4.69) is 15.5 Å². The number of aromatic nitrogens is 2. The Balaban J connectivity index is 1.53. The van der Waals surface area contributed by atoms with Crippen molar-refractivity contribution in [2.75, 3.05) is 0 Å². The Morgan fingerprint density at radius 1 is 1.03 bits per heavy atom. The van der Waals surface area contributed by atoms with Gasteiger partial charge in [0.25, 0.3) is 0 Å². The monoisotopic (exact) mass is 451 g/mol. The molecule has 1 aromatic heterocycles. The summed E-state index contributed by atoms with van der Waals surface area (Å²) >= 11 is 1.30. The van der Waals surface area contributed by atoms with Crippen LogP contribution in [0.5, 0.6) is 5.75 Å². The van der Waals surface area contributed by atoms with Crippen molar-refractivity contribution >= 4 is 17.3 Å². The number of benzene rings is 2. The first-order valence-electron chi connectivity index (χ1n) is 9.27. The van der Waals surface area contributed by atoms with Gasteiger partial charge in [0.15, 0.2) is 5.60 Å². The minimum atomic E-state index is -4.37. The van der Waals surface area contributed by atoms with Crippen molar-refractivity contribution in [1.82, 2.24) is 15.5 Å². The molecule has 2 N–H and O–H groups in total. The summed E-state index contributed by atoms with van der Waals surface area (Å²) in [4.78, 5) is 11.1. The minimum absolute atomic E-state index is 0.447. The van der Waals surface area contributed by atoms with Crippen molar-refractivity contribution in [2.24, 2.45) is 0 Å². The van der Waals surface area contributed by atoms with E-state index in [0.29, 0.717) is 34.4 Å². The number of aliphatic carboxylic acids is 1. The van der Waals surface area contributed by atoms with Crippen LogP contribution in [-0.2, 0) is 24.1 Å². The van der Waals surface area contributed by atoms with Gasteiger partial charge in [-0.2, -0.15) is 13.2 Å². The molecule has 6 nitrogen and oxygen atoms in total. The summed E-state index contributed by atoms with van der Waals surface area (Å²) in [5.74, 6) is -0.590. The Hall–Kier alpha value is -2.98. The van der Waals surface area contributed by atoms with E-state index in [1.54, 1.807) is 12.1 Å². The predicted molar refractivity (Wildman–Crippen MR) is 110 cm³/mol. The van der Waals surface area contributed by atoms with Gasteiger partial charge in [0, 0.05) is 12.1 Å². The quantitative estimate of drug-likeness (QED) is 0.514. The first-order chi connectivity index (χ1) is 14.5. The van der Waals surface area contributed by atoms with Crippen LogP contribution in [0.15, 0.2) is 48.5 Å². The second-order valence-electron chi connectivity index (χ2n) is 7.24. The summed E-state index contributed by atoms with van der Waals surface area (Å²) < 4.78 is 43.5. The summed E-state index contributed by atoms with van der Waals surface area (Å²) in [6.45, 7) is 3.94. The lowest BCUT2D eigenvalue weighted by molar-refractivity contribution is -0.152. The number of alkyl halides is 3. The summed E-state index contributed by atoms with van der Waals surface area (Å²) in [6, 6.07) is 11.9. The zero-order valence-electron chi connectivity index (χ0n) is 16.7. The minimum Gasteiger partial charge on any atom is -0.478 e. The van der Waals surface area contributed by atoms with Gasteiger partial charge in [-0.3, -0.25) is 0 Å². The number of nitrogens with zero attached hydrogens (tertiary/aromatic N) is 2. The molecule has 0 radical (unpaired) electrons. The molecule has 31 heavy (non-hydrogen) atoms. The lowest BCUT2D eigenvalue weighted by atomic mass is 10.1. The largest absolute Gasteiger partial charge is 0.478 e. The number of carbonyl (C=O) groups is 1.